The van der Waals surface area contributed by atoms with E-state index < -0.39 is 0 Å². The van der Waals surface area contributed by atoms with Crippen molar-refractivity contribution in [3.63, 3.8) is 0 Å². The number of nitrogens with one attached hydrogen (secondary N) is 1. The lowest BCUT2D eigenvalue weighted by Crippen LogP contribution is -2.62. The van der Waals surface area contributed by atoms with Crippen LogP contribution >= 0.6 is 0 Å². The maximum atomic E-state index is 4.65. The van der Waals surface area contributed by atoms with Gasteiger partial charge in [0.1, 0.15) is 5.82 Å². The molecule has 0 aromatic carbocycles. The predicted molar refractivity (Wildman–Crippen MR) is 75.0 cm³/mol. The van der Waals surface area contributed by atoms with E-state index in [0.717, 1.165) is 19.6 Å². The van der Waals surface area contributed by atoms with Crippen molar-refractivity contribution >= 4 is 5.82 Å². The van der Waals surface area contributed by atoms with E-state index in [4.69, 9.17) is 0 Å². The van der Waals surface area contributed by atoms with Gasteiger partial charge in [0.05, 0.1) is 5.54 Å². The molecular weight excluding hydrogens is 222 g/mol. The van der Waals surface area contributed by atoms with Gasteiger partial charge >= 0.3 is 0 Å². The van der Waals surface area contributed by atoms with Crippen LogP contribution in [0.4, 0.5) is 5.82 Å². The van der Waals surface area contributed by atoms with Crippen LogP contribution in [0.25, 0.3) is 0 Å². The third-order valence-electron chi connectivity index (χ3n) is 4.50. The number of rotatable bonds is 1. The van der Waals surface area contributed by atoms with Crippen molar-refractivity contribution in [1.82, 2.24) is 10.3 Å². The number of nitrogens with zero attached hydrogens (tertiary/aromatic N) is 2. The molecular formula is C15H23N3. The minimum Gasteiger partial charge on any atom is -0.348 e. The van der Waals surface area contributed by atoms with Crippen LogP contribution < -0.4 is 10.2 Å². The van der Waals surface area contributed by atoms with Crippen LogP contribution in [0.2, 0.25) is 0 Å². The number of piperazine rings is 1. The Hall–Kier alpha value is -1.09. The molecule has 1 spiro atoms. The van der Waals surface area contributed by atoms with Gasteiger partial charge in [0.15, 0.2) is 0 Å². The molecule has 1 saturated carbocycles. The van der Waals surface area contributed by atoms with Crippen LogP contribution in [0.15, 0.2) is 18.3 Å². The molecule has 0 atom stereocenters. The summed E-state index contributed by atoms with van der Waals surface area (Å²) in [5.41, 5.74) is 1.57. The fourth-order valence-corrected chi connectivity index (χ4v) is 3.48. The van der Waals surface area contributed by atoms with Crippen molar-refractivity contribution in [2.24, 2.45) is 0 Å². The molecule has 18 heavy (non-hydrogen) atoms. The number of aryl methyl sites for hydroxylation is 1. The number of hydrogen-bond donors (Lipinski definition) is 1. The predicted octanol–water partition coefficient (Wildman–Crippen LogP) is 2.50. The van der Waals surface area contributed by atoms with E-state index in [1.807, 2.05) is 6.20 Å². The van der Waals surface area contributed by atoms with E-state index in [-0.39, 0.29) is 0 Å². The molecule has 2 fully saturated rings. The summed E-state index contributed by atoms with van der Waals surface area (Å²) in [6.45, 7) is 5.40. The Morgan fingerprint density at radius 3 is 2.78 bits per heavy atom. The molecule has 0 bridgehead atoms. The van der Waals surface area contributed by atoms with Gasteiger partial charge in [0.25, 0.3) is 0 Å². The molecule has 1 aromatic rings. The van der Waals surface area contributed by atoms with Crippen LogP contribution in [-0.2, 0) is 0 Å². The lowest BCUT2D eigenvalue weighted by Gasteiger charge is -2.50. The van der Waals surface area contributed by atoms with Crippen molar-refractivity contribution in [2.45, 2.75) is 44.6 Å². The van der Waals surface area contributed by atoms with Crippen LogP contribution in [0.5, 0.6) is 0 Å². The zero-order valence-corrected chi connectivity index (χ0v) is 11.3. The van der Waals surface area contributed by atoms with E-state index in [9.17, 15) is 0 Å². The second kappa shape index (κ2) is 4.88. The lowest BCUT2D eigenvalue weighted by atomic mass is 9.79. The van der Waals surface area contributed by atoms with E-state index in [1.54, 1.807) is 0 Å². The van der Waals surface area contributed by atoms with Crippen molar-refractivity contribution in [1.29, 1.82) is 0 Å². The number of anilines is 1. The van der Waals surface area contributed by atoms with Gasteiger partial charge in [-0.2, -0.15) is 0 Å². The molecule has 3 nitrogen and oxygen atoms in total. The Morgan fingerprint density at radius 1 is 1.22 bits per heavy atom. The minimum absolute atomic E-state index is 0.332. The SMILES string of the molecule is Cc1ccc(N2CCNCC23CCCCC3)nc1. The smallest absolute Gasteiger partial charge is 0.129 e. The summed E-state index contributed by atoms with van der Waals surface area (Å²) in [5, 5.41) is 3.59. The molecule has 1 aromatic heterocycles. The van der Waals surface area contributed by atoms with Crippen LogP contribution in [0.3, 0.4) is 0 Å². The van der Waals surface area contributed by atoms with Gasteiger partial charge in [-0.1, -0.05) is 25.3 Å². The maximum Gasteiger partial charge on any atom is 0.129 e. The Labute approximate surface area is 110 Å². The first-order valence-electron chi connectivity index (χ1n) is 7.21. The quantitative estimate of drug-likeness (QED) is 0.824. The highest BCUT2D eigenvalue weighted by Gasteiger charge is 2.40. The highest BCUT2D eigenvalue weighted by molar-refractivity contribution is 5.44. The highest BCUT2D eigenvalue weighted by Crippen LogP contribution is 2.36. The molecule has 1 saturated heterocycles. The third kappa shape index (κ3) is 2.12. The van der Waals surface area contributed by atoms with Crippen molar-refractivity contribution in [3.8, 4) is 0 Å². The molecule has 2 heterocycles. The first kappa shape index (κ1) is 12.0. The van der Waals surface area contributed by atoms with Crippen LogP contribution in [0, 0.1) is 6.92 Å². The molecule has 1 aliphatic carbocycles. The molecule has 1 N–H and O–H groups in total. The molecule has 3 heteroatoms. The Balaban J connectivity index is 1.89. The summed E-state index contributed by atoms with van der Waals surface area (Å²) in [6, 6.07) is 4.37. The van der Waals surface area contributed by atoms with E-state index >= 15 is 0 Å². The Kier molecular flexibility index (Phi) is 3.25. The lowest BCUT2D eigenvalue weighted by molar-refractivity contribution is 0.239. The second-order valence-electron chi connectivity index (χ2n) is 5.81. The second-order valence-corrected chi connectivity index (χ2v) is 5.81. The monoisotopic (exact) mass is 245 g/mol. The highest BCUT2D eigenvalue weighted by atomic mass is 15.3. The van der Waals surface area contributed by atoms with Gasteiger partial charge in [0.2, 0.25) is 0 Å². The average Bonchev–Trinajstić information content (AvgIpc) is 2.42. The maximum absolute atomic E-state index is 4.65. The first-order chi connectivity index (χ1) is 8.80. The summed E-state index contributed by atoms with van der Waals surface area (Å²) < 4.78 is 0. The van der Waals surface area contributed by atoms with Gasteiger partial charge in [-0.05, 0) is 31.4 Å². The molecule has 0 amide bonds. The third-order valence-corrected chi connectivity index (χ3v) is 4.50. The number of pyridine rings is 1. The molecule has 0 radical (unpaired) electrons. The average molecular weight is 245 g/mol. The zero-order valence-electron chi connectivity index (χ0n) is 11.3. The first-order valence-corrected chi connectivity index (χ1v) is 7.21. The van der Waals surface area contributed by atoms with Gasteiger partial charge in [-0.3, -0.25) is 0 Å². The van der Waals surface area contributed by atoms with Gasteiger partial charge in [-0.15, -0.1) is 0 Å². The molecule has 1 aliphatic heterocycles. The van der Waals surface area contributed by atoms with Crippen LogP contribution in [-0.4, -0.2) is 30.2 Å². The number of hydrogen-bond acceptors (Lipinski definition) is 3. The van der Waals surface area contributed by atoms with Gasteiger partial charge in [-0.25, -0.2) is 4.98 Å². The summed E-state index contributed by atoms with van der Waals surface area (Å²) >= 11 is 0. The topological polar surface area (TPSA) is 28.2 Å². The normalized spacial score (nSPS) is 23.3. The van der Waals surface area contributed by atoms with Crippen molar-refractivity contribution < 1.29 is 0 Å². The Bertz CT molecular complexity index is 384. The van der Waals surface area contributed by atoms with E-state index in [2.05, 4.69) is 34.3 Å². The standard InChI is InChI=1S/C15H23N3/c1-13-5-6-14(17-11-13)18-10-9-16-12-15(18)7-3-2-4-8-15/h5-6,11,16H,2-4,7-10,12H2,1H3. The molecule has 2 aliphatic rings. The summed E-state index contributed by atoms with van der Waals surface area (Å²) in [4.78, 5) is 7.22. The minimum atomic E-state index is 0.332. The van der Waals surface area contributed by atoms with E-state index in [0.29, 0.717) is 5.54 Å². The zero-order chi connectivity index (χ0) is 12.4. The number of aromatic nitrogens is 1. The van der Waals surface area contributed by atoms with Crippen LogP contribution in [0.1, 0.15) is 37.7 Å². The summed E-state index contributed by atoms with van der Waals surface area (Å²) in [5.74, 6) is 1.17. The van der Waals surface area contributed by atoms with Gasteiger partial charge in [0, 0.05) is 25.8 Å². The van der Waals surface area contributed by atoms with Gasteiger partial charge < -0.3 is 10.2 Å². The molecule has 98 valence electrons. The Morgan fingerprint density at radius 2 is 2.06 bits per heavy atom. The summed E-state index contributed by atoms with van der Waals surface area (Å²) in [7, 11) is 0. The molecule has 3 rings (SSSR count). The molecule has 0 unspecified atom stereocenters. The largest absolute Gasteiger partial charge is 0.348 e. The summed E-state index contributed by atoms with van der Waals surface area (Å²) in [6.07, 6.45) is 8.75. The van der Waals surface area contributed by atoms with Crippen molar-refractivity contribution in [3.05, 3.63) is 23.9 Å². The fraction of sp³-hybridized carbons (Fsp3) is 0.667. The van der Waals surface area contributed by atoms with Crippen molar-refractivity contribution in [2.75, 3.05) is 24.5 Å². The van der Waals surface area contributed by atoms with E-state index in [1.165, 1.54) is 43.5 Å². The fourth-order valence-electron chi connectivity index (χ4n) is 3.48.